The largest absolute Gasteiger partial charge is 0.411 e. The van der Waals surface area contributed by atoms with Gasteiger partial charge in [0.2, 0.25) is 5.91 Å². The molecule has 0 aromatic heterocycles. The Labute approximate surface area is 87.8 Å². The molecule has 7 heteroatoms. The Balaban J connectivity index is 5.28. The molecule has 0 aliphatic carbocycles. The van der Waals surface area contributed by atoms with Crippen LogP contribution in [0, 0.1) is 11.3 Å². The molecule has 2 N–H and O–H groups in total. The minimum atomic E-state index is -0.789. The van der Waals surface area contributed by atoms with Gasteiger partial charge in [-0.2, -0.15) is 0 Å². The van der Waals surface area contributed by atoms with E-state index in [1.807, 2.05) is 0 Å². The molecule has 1 amide bonds. The first-order chi connectivity index (χ1) is 6.88. The molecule has 0 aromatic rings. The summed E-state index contributed by atoms with van der Waals surface area (Å²) in [5, 5.41) is 17.2. The van der Waals surface area contributed by atoms with Crippen LogP contribution in [0.25, 0.3) is 10.4 Å². The summed E-state index contributed by atoms with van der Waals surface area (Å²) >= 11 is 0. The second-order valence-electron chi connectivity index (χ2n) is 4.06. The summed E-state index contributed by atoms with van der Waals surface area (Å²) < 4.78 is 0. The molecule has 0 bridgehead atoms. The van der Waals surface area contributed by atoms with Crippen molar-refractivity contribution in [3.63, 3.8) is 0 Å². The summed E-state index contributed by atoms with van der Waals surface area (Å²) in [4.78, 5) is 14.1. The first kappa shape index (κ1) is 13.2. The average molecular weight is 213 g/mol. The second-order valence-corrected chi connectivity index (χ2v) is 4.06. The van der Waals surface area contributed by atoms with Gasteiger partial charge in [0.25, 0.3) is 0 Å². The molecule has 0 saturated heterocycles. The van der Waals surface area contributed by atoms with Crippen LogP contribution in [0.15, 0.2) is 10.3 Å². The first-order valence-electron chi connectivity index (χ1n) is 4.37. The fourth-order valence-corrected chi connectivity index (χ4v) is 1.22. The van der Waals surface area contributed by atoms with E-state index in [0.717, 1.165) is 0 Å². The number of hydrogen-bond donors (Lipinski definition) is 2. The standard InChI is InChI=1S/C8H15N5O2/c1-8(2,3)5(7(14)10-4)6(12-15)11-13-9/h5,15H,1-4H3,(H,10,14). The van der Waals surface area contributed by atoms with Crippen LogP contribution in [-0.2, 0) is 4.79 Å². The maximum atomic E-state index is 11.5. The predicted octanol–water partition coefficient (Wildman–Crippen LogP) is 1.49. The van der Waals surface area contributed by atoms with Gasteiger partial charge >= 0.3 is 0 Å². The van der Waals surface area contributed by atoms with Gasteiger partial charge in [-0.15, -0.1) is 0 Å². The van der Waals surface area contributed by atoms with E-state index < -0.39 is 11.3 Å². The van der Waals surface area contributed by atoms with Crippen molar-refractivity contribution in [2.75, 3.05) is 7.05 Å². The smallest absolute Gasteiger partial charge is 0.229 e. The molecule has 0 rings (SSSR count). The monoisotopic (exact) mass is 213 g/mol. The van der Waals surface area contributed by atoms with Crippen LogP contribution < -0.4 is 5.32 Å². The van der Waals surface area contributed by atoms with E-state index in [9.17, 15) is 4.79 Å². The third-order valence-corrected chi connectivity index (χ3v) is 1.88. The normalized spacial score (nSPS) is 14.0. The molecule has 0 aliphatic rings. The number of carbonyl (C=O) groups is 1. The van der Waals surface area contributed by atoms with Gasteiger partial charge in [-0.1, -0.05) is 25.9 Å². The maximum Gasteiger partial charge on any atom is 0.229 e. The van der Waals surface area contributed by atoms with Crippen LogP contribution in [0.3, 0.4) is 0 Å². The summed E-state index contributed by atoms with van der Waals surface area (Å²) in [6.07, 6.45) is 0. The SMILES string of the molecule is CNC(=O)C(C(N=[N+]=[N-])=NO)C(C)(C)C. The molecule has 0 aliphatic heterocycles. The average Bonchev–Trinajstić information content (AvgIpc) is 2.14. The van der Waals surface area contributed by atoms with Gasteiger partial charge in [0.05, 0.1) is 5.92 Å². The first-order valence-corrected chi connectivity index (χ1v) is 4.37. The molecule has 0 aromatic carbocycles. The van der Waals surface area contributed by atoms with Crippen molar-refractivity contribution in [2.45, 2.75) is 20.8 Å². The molecule has 15 heavy (non-hydrogen) atoms. The van der Waals surface area contributed by atoms with Crippen molar-refractivity contribution in [2.24, 2.45) is 21.6 Å². The highest BCUT2D eigenvalue weighted by Gasteiger charge is 2.35. The predicted molar refractivity (Wildman–Crippen MR) is 55.4 cm³/mol. The van der Waals surface area contributed by atoms with Gasteiger partial charge in [0.15, 0.2) is 5.84 Å². The topological polar surface area (TPSA) is 110 Å². The van der Waals surface area contributed by atoms with Crippen molar-refractivity contribution in [3.05, 3.63) is 10.4 Å². The zero-order valence-corrected chi connectivity index (χ0v) is 9.22. The summed E-state index contributed by atoms with van der Waals surface area (Å²) in [6.45, 7) is 5.35. The zero-order valence-electron chi connectivity index (χ0n) is 9.22. The van der Waals surface area contributed by atoms with E-state index in [0.29, 0.717) is 0 Å². The van der Waals surface area contributed by atoms with Gasteiger partial charge in [0.1, 0.15) is 0 Å². The fourth-order valence-electron chi connectivity index (χ4n) is 1.22. The highest BCUT2D eigenvalue weighted by Crippen LogP contribution is 2.27. The third kappa shape index (κ3) is 3.47. The Hall–Kier alpha value is -1.75. The number of oxime groups is 1. The van der Waals surface area contributed by atoms with Crippen LogP contribution in [0.1, 0.15) is 20.8 Å². The Bertz CT molecular complexity index is 311. The third-order valence-electron chi connectivity index (χ3n) is 1.88. The lowest BCUT2D eigenvalue weighted by atomic mass is 9.79. The van der Waals surface area contributed by atoms with Crippen molar-refractivity contribution in [3.8, 4) is 0 Å². The number of nitrogens with zero attached hydrogens (tertiary/aromatic N) is 4. The van der Waals surface area contributed by atoms with Crippen LogP contribution >= 0.6 is 0 Å². The van der Waals surface area contributed by atoms with Crippen molar-refractivity contribution >= 4 is 11.7 Å². The lowest BCUT2D eigenvalue weighted by molar-refractivity contribution is -0.125. The van der Waals surface area contributed by atoms with E-state index in [4.69, 9.17) is 10.7 Å². The lowest BCUT2D eigenvalue weighted by Gasteiger charge is -2.27. The molecule has 0 saturated carbocycles. The summed E-state index contributed by atoms with van der Waals surface area (Å²) in [6, 6.07) is 0. The molecule has 84 valence electrons. The Morgan fingerprint density at radius 1 is 1.53 bits per heavy atom. The van der Waals surface area contributed by atoms with Crippen LogP contribution in [0.4, 0.5) is 0 Å². The highest BCUT2D eigenvalue weighted by molar-refractivity contribution is 6.03. The van der Waals surface area contributed by atoms with E-state index in [1.165, 1.54) is 7.05 Å². The minimum absolute atomic E-state index is 0.232. The van der Waals surface area contributed by atoms with Gasteiger partial charge in [-0.3, -0.25) is 4.79 Å². The summed E-state index contributed by atoms with van der Waals surface area (Å²) in [5.74, 6) is -1.38. The molecule has 0 heterocycles. The maximum absolute atomic E-state index is 11.5. The van der Waals surface area contributed by atoms with Crippen molar-refractivity contribution in [1.29, 1.82) is 0 Å². The second kappa shape index (κ2) is 5.21. The molecule has 1 unspecified atom stereocenters. The van der Waals surface area contributed by atoms with E-state index in [-0.39, 0.29) is 11.7 Å². The van der Waals surface area contributed by atoms with Gasteiger partial charge in [-0.25, -0.2) is 0 Å². The van der Waals surface area contributed by atoms with E-state index in [1.54, 1.807) is 20.8 Å². The highest BCUT2D eigenvalue weighted by atomic mass is 16.4. The van der Waals surface area contributed by atoms with Crippen LogP contribution in [0.5, 0.6) is 0 Å². The molecule has 0 fully saturated rings. The number of hydrogen-bond acceptors (Lipinski definition) is 3. The Kier molecular flexibility index (Phi) is 4.60. The van der Waals surface area contributed by atoms with E-state index >= 15 is 0 Å². The summed E-state index contributed by atoms with van der Waals surface area (Å²) in [7, 11) is 1.46. The number of amidine groups is 1. The number of azide groups is 1. The molecule has 7 nitrogen and oxygen atoms in total. The number of nitrogens with one attached hydrogen (secondary N) is 1. The van der Waals surface area contributed by atoms with Crippen LogP contribution in [-0.4, -0.2) is 24.0 Å². The zero-order chi connectivity index (χ0) is 12.1. The van der Waals surface area contributed by atoms with Gasteiger partial charge in [-0.05, 0) is 16.1 Å². The van der Waals surface area contributed by atoms with E-state index in [2.05, 4.69) is 20.5 Å². The Morgan fingerprint density at radius 2 is 2.07 bits per heavy atom. The van der Waals surface area contributed by atoms with Crippen molar-refractivity contribution < 1.29 is 10.0 Å². The van der Waals surface area contributed by atoms with Crippen molar-refractivity contribution in [1.82, 2.24) is 5.32 Å². The number of carbonyl (C=O) groups excluding carboxylic acids is 1. The molecule has 0 spiro atoms. The number of amides is 1. The molecular formula is C8H15N5O2. The summed E-state index contributed by atoms with van der Waals surface area (Å²) in [5.41, 5.74) is 7.77. The van der Waals surface area contributed by atoms with Gasteiger partial charge < -0.3 is 10.5 Å². The Morgan fingerprint density at radius 3 is 2.33 bits per heavy atom. The number of rotatable bonds is 2. The minimum Gasteiger partial charge on any atom is -0.411 e. The van der Waals surface area contributed by atoms with Crippen LogP contribution in [0.2, 0.25) is 0 Å². The molecule has 1 atom stereocenters. The molecule has 0 radical (unpaired) electrons. The molecular weight excluding hydrogens is 198 g/mol. The lowest BCUT2D eigenvalue weighted by Crippen LogP contribution is -2.40. The van der Waals surface area contributed by atoms with Gasteiger partial charge in [0, 0.05) is 12.0 Å². The quantitative estimate of drug-likeness (QED) is 0.138. The fraction of sp³-hybridized carbons (Fsp3) is 0.750.